The second kappa shape index (κ2) is 7.23. The van der Waals surface area contributed by atoms with Crippen molar-refractivity contribution in [1.82, 2.24) is 4.90 Å². The first-order valence-electron chi connectivity index (χ1n) is 7.48. The van der Waals surface area contributed by atoms with Crippen molar-refractivity contribution >= 4 is 29.0 Å². The number of ether oxygens (including phenoxy) is 1. The Morgan fingerprint density at radius 3 is 2.57 bits per heavy atom. The number of ketones is 1. The zero-order valence-electron chi connectivity index (χ0n) is 13.5. The number of hydrogen-bond acceptors (Lipinski definition) is 5. The molecule has 1 N–H and O–H groups in total. The number of aryl methyl sites for hydroxylation is 2. The molecule has 1 aliphatic heterocycles. The van der Waals surface area contributed by atoms with Gasteiger partial charge in [-0.3, -0.25) is 9.59 Å². The standard InChI is InChI=1S/C16H21NO5S/c1-9-6-12(10(2)23-9)14(18)4-5-15(19)17-8-11(22-3)7-13(17)16(20)21/h6,11,13H,4-5,7-8H2,1-3H3,(H,20,21). The van der Waals surface area contributed by atoms with Crippen molar-refractivity contribution in [2.45, 2.75) is 45.3 Å². The van der Waals surface area contributed by atoms with E-state index in [0.29, 0.717) is 5.56 Å². The summed E-state index contributed by atoms with van der Waals surface area (Å²) in [6, 6.07) is 0.969. The van der Waals surface area contributed by atoms with Crippen LogP contribution in [0.3, 0.4) is 0 Å². The van der Waals surface area contributed by atoms with E-state index in [1.807, 2.05) is 19.9 Å². The summed E-state index contributed by atoms with van der Waals surface area (Å²) in [4.78, 5) is 39.1. The summed E-state index contributed by atoms with van der Waals surface area (Å²) in [6.07, 6.45) is 0.135. The van der Waals surface area contributed by atoms with Crippen molar-refractivity contribution in [2.24, 2.45) is 0 Å². The number of Topliss-reactive ketones (excluding diaryl/α,β-unsaturated/α-hetero) is 1. The van der Waals surface area contributed by atoms with Crippen LogP contribution < -0.4 is 0 Å². The van der Waals surface area contributed by atoms with Crippen molar-refractivity contribution in [3.63, 3.8) is 0 Å². The molecule has 0 bridgehead atoms. The molecule has 2 heterocycles. The van der Waals surface area contributed by atoms with Crippen LogP contribution in [-0.2, 0) is 14.3 Å². The number of amides is 1. The van der Waals surface area contributed by atoms with Crippen LogP contribution in [0.4, 0.5) is 0 Å². The van der Waals surface area contributed by atoms with Crippen LogP contribution in [0.5, 0.6) is 0 Å². The third-order valence-electron chi connectivity index (χ3n) is 4.11. The maximum atomic E-state index is 12.3. The fourth-order valence-electron chi connectivity index (χ4n) is 2.88. The van der Waals surface area contributed by atoms with Crippen LogP contribution >= 0.6 is 11.3 Å². The molecule has 1 aromatic rings. The lowest BCUT2D eigenvalue weighted by Gasteiger charge is -2.21. The quantitative estimate of drug-likeness (QED) is 0.802. The second-order valence-corrected chi connectivity index (χ2v) is 7.20. The zero-order valence-corrected chi connectivity index (χ0v) is 14.3. The number of carbonyl (C=O) groups is 3. The Morgan fingerprint density at radius 1 is 1.35 bits per heavy atom. The third kappa shape index (κ3) is 3.97. The number of aliphatic carboxylic acids is 1. The number of thiophene rings is 1. The van der Waals surface area contributed by atoms with Gasteiger partial charge in [0.15, 0.2) is 5.78 Å². The van der Waals surface area contributed by atoms with Gasteiger partial charge in [0, 0.05) is 48.2 Å². The maximum absolute atomic E-state index is 12.3. The van der Waals surface area contributed by atoms with Crippen LogP contribution in [0, 0.1) is 13.8 Å². The normalized spacial score (nSPS) is 20.7. The minimum absolute atomic E-state index is 0.0212. The SMILES string of the molecule is COC1CC(C(=O)O)N(C(=O)CCC(=O)c2cc(C)sc2C)C1. The summed E-state index contributed by atoms with van der Waals surface area (Å²) >= 11 is 1.55. The Morgan fingerprint density at radius 2 is 2.04 bits per heavy atom. The Kier molecular flexibility index (Phi) is 5.54. The van der Waals surface area contributed by atoms with Crippen LogP contribution in [0.15, 0.2) is 6.07 Å². The molecule has 0 saturated carbocycles. The van der Waals surface area contributed by atoms with Gasteiger partial charge in [-0.15, -0.1) is 11.3 Å². The lowest BCUT2D eigenvalue weighted by Crippen LogP contribution is -2.40. The molecular formula is C16H21NO5S. The monoisotopic (exact) mass is 339 g/mol. The number of carboxylic acids is 1. The fourth-order valence-corrected chi connectivity index (χ4v) is 3.83. The van der Waals surface area contributed by atoms with Gasteiger partial charge in [-0.05, 0) is 19.9 Å². The average molecular weight is 339 g/mol. The van der Waals surface area contributed by atoms with Gasteiger partial charge in [0.1, 0.15) is 6.04 Å². The minimum atomic E-state index is -1.03. The van der Waals surface area contributed by atoms with Gasteiger partial charge in [0.2, 0.25) is 5.91 Å². The van der Waals surface area contributed by atoms with Crippen LogP contribution in [0.1, 0.15) is 39.4 Å². The van der Waals surface area contributed by atoms with E-state index in [-0.39, 0.29) is 43.6 Å². The molecule has 2 unspecified atom stereocenters. The lowest BCUT2D eigenvalue weighted by atomic mass is 10.1. The first-order chi connectivity index (χ1) is 10.8. The third-order valence-corrected chi connectivity index (χ3v) is 5.07. The summed E-state index contributed by atoms with van der Waals surface area (Å²) in [5.41, 5.74) is 0.659. The summed E-state index contributed by atoms with van der Waals surface area (Å²) in [7, 11) is 1.50. The van der Waals surface area contributed by atoms with E-state index in [4.69, 9.17) is 4.74 Å². The Hall–Kier alpha value is -1.73. The summed E-state index contributed by atoms with van der Waals surface area (Å²) in [5, 5.41) is 9.23. The van der Waals surface area contributed by atoms with Gasteiger partial charge in [-0.2, -0.15) is 0 Å². The molecule has 6 nitrogen and oxygen atoms in total. The smallest absolute Gasteiger partial charge is 0.326 e. The van der Waals surface area contributed by atoms with Gasteiger partial charge in [-0.25, -0.2) is 4.79 Å². The van der Waals surface area contributed by atoms with E-state index in [1.54, 1.807) is 11.3 Å². The highest BCUT2D eigenvalue weighted by Gasteiger charge is 2.39. The topological polar surface area (TPSA) is 83.9 Å². The molecular weight excluding hydrogens is 318 g/mol. The fraction of sp³-hybridized carbons (Fsp3) is 0.562. The predicted molar refractivity (Wildman–Crippen MR) is 85.9 cm³/mol. The van der Waals surface area contributed by atoms with Crippen LogP contribution in [0.2, 0.25) is 0 Å². The largest absolute Gasteiger partial charge is 0.480 e. The molecule has 1 aromatic heterocycles. The van der Waals surface area contributed by atoms with Gasteiger partial charge in [0.05, 0.1) is 6.10 Å². The maximum Gasteiger partial charge on any atom is 0.326 e. The van der Waals surface area contributed by atoms with E-state index in [2.05, 4.69) is 0 Å². The number of carboxylic acid groups (broad SMARTS) is 1. The predicted octanol–water partition coefficient (Wildman–Crippen LogP) is 2.03. The first kappa shape index (κ1) is 17.6. The van der Waals surface area contributed by atoms with Crippen LogP contribution in [0.25, 0.3) is 0 Å². The number of carbonyl (C=O) groups excluding carboxylic acids is 2. The molecule has 1 saturated heterocycles. The Bertz CT molecular complexity index is 624. The molecule has 0 spiro atoms. The number of rotatable bonds is 6. The van der Waals surface area contributed by atoms with Crippen molar-refractivity contribution in [1.29, 1.82) is 0 Å². The highest BCUT2D eigenvalue weighted by Crippen LogP contribution is 2.24. The minimum Gasteiger partial charge on any atom is -0.480 e. The van der Waals surface area contributed by atoms with E-state index >= 15 is 0 Å². The van der Waals surface area contributed by atoms with Crippen molar-refractivity contribution < 1.29 is 24.2 Å². The molecule has 0 radical (unpaired) electrons. The molecule has 0 aliphatic carbocycles. The van der Waals surface area contributed by atoms with E-state index in [1.165, 1.54) is 12.0 Å². The van der Waals surface area contributed by atoms with Crippen molar-refractivity contribution in [3.8, 4) is 0 Å². The molecule has 7 heteroatoms. The van der Waals surface area contributed by atoms with E-state index in [9.17, 15) is 19.5 Å². The molecule has 2 atom stereocenters. The van der Waals surface area contributed by atoms with E-state index in [0.717, 1.165) is 9.75 Å². The molecule has 23 heavy (non-hydrogen) atoms. The summed E-state index contributed by atoms with van der Waals surface area (Å²) in [5.74, 6) is -1.42. The van der Waals surface area contributed by atoms with Gasteiger partial charge in [0.25, 0.3) is 0 Å². The molecule has 126 valence electrons. The number of hydrogen-bond donors (Lipinski definition) is 1. The molecule has 1 fully saturated rings. The molecule has 2 rings (SSSR count). The lowest BCUT2D eigenvalue weighted by molar-refractivity contribution is -0.148. The van der Waals surface area contributed by atoms with Gasteiger partial charge >= 0.3 is 5.97 Å². The van der Waals surface area contributed by atoms with Gasteiger partial charge < -0.3 is 14.7 Å². The summed E-state index contributed by atoms with van der Waals surface area (Å²) < 4.78 is 5.16. The molecule has 0 aromatic carbocycles. The highest BCUT2D eigenvalue weighted by atomic mass is 32.1. The van der Waals surface area contributed by atoms with Crippen molar-refractivity contribution in [3.05, 3.63) is 21.4 Å². The number of methoxy groups -OCH3 is 1. The second-order valence-electron chi connectivity index (χ2n) is 5.74. The molecule has 1 aliphatic rings. The molecule has 1 amide bonds. The average Bonchev–Trinajstić information content (AvgIpc) is 3.07. The zero-order chi connectivity index (χ0) is 17.1. The number of likely N-dealkylation sites (tertiary alicyclic amines) is 1. The van der Waals surface area contributed by atoms with Crippen LogP contribution in [-0.4, -0.2) is 53.5 Å². The highest BCUT2D eigenvalue weighted by molar-refractivity contribution is 7.12. The van der Waals surface area contributed by atoms with E-state index < -0.39 is 12.0 Å². The Labute approximate surface area is 139 Å². The van der Waals surface area contributed by atoms with Crippen molar-refractivity contribution in [2.75, 3.05) is 13.7 Å². The van der Waals surface area contributed by atoms with Gasteiger partial charge in [-0.1, -0.05) is 0 Å². The first-order valence-corrected chi connectivity index (χ1v) is 8.30. The summed E-state index contributed by atoms with van der Waals surface area (Å²) in [6.45, 7) is 4.08. The number of nitrogens with zero attached hydrogens (tertiary/aromatic N) is 1. The Balaban J connectivity index is 1.97.